The lowest BCUT2D eigenvalue weighted by molar-refractivity contribution is 0.103. The van der Waals surface area contributed by atoms with Crippen LogP contribution in [0.15, 0.2) is 29.1 Å². The van der Waals surface area contributed by atoms with Crippen molar-refractivity contribution in [2.24, 2.45) is 7.05 Å². The molecule has 0 aliphatic heterocycles. The molecule has 1 aromatic carbocycles. The van der Waals surface area contributed by atoms with Crippen LogP contribution in [0.25, 0.3) is 0 Å². The lowest BCUT2D eigenvalue weighted by Crippen LogP contribution is -2.24. The van der Waals surface area contributed by atoms with E-state index in [0.717, 1.165) is 10.1 Å². The summed E-state index contributed by atoms with van der Waals surface area (Å²) in [5, 5.41) is 19.2. The van der Waals surface area contributed by atoms with Gasteiger partial charge in [0.25, 0.3) is 5.56 Å². The second kappa shape index (κ2) is 5.25. The summed E-state index contributed by atoms with van der Waals surface area (Å²) in [6.07, 6.45) is 0. The summed E-state index contributed by atoms with van der Waals surface area (Å²) in [6, 6.07) is 8.76. The fourth-order valence-corrected chi connectivity index (χ4v) is 2.25. The zero-order valence-electron chi connectivity index (χ0n) is 12.0. The molecular formula is C16H14N2O3. The highest BCUT2D eigenvalue weighted by atomic mass is 16.3. The van der Waals surface area contributed by atoms with Crippen molar-refractivity contribution in [1.29, 1.82) is 5.26 Å². The Kier molecular flexibility index (Phi) is 3.64. The third-order valence-electron chi connectivity index (χ3n) is 3.54. The number of aromatic nitrogens is 1. The minimum absolute atomic E-state index is 0.0112. The van der Waals surface area contributed by atoms with Crippen LogP contribution in [0.3, 0.4) is 0 Å². The van der Waals surface area contributed by atoms with Gasteiger partial charge in [0, 0.05) is 12.6 Å². The van der Waals surface area contributed by atoms with E-state index in [1.165, 1.54) is 14.0 Å². The molecule has 0 radical (unpaired) electrons. The molecule has 1 heterocycles. The Labute approximate surface area is 121 Å². The van der Waals surface area contributed by atoms with Crippen LogP contribution in [0.5, 0.6) is 5.88 Å². The number of hydrogen-bond acceptors (Lipinski definition) is 4. The number of ketones is 1. The van der Waals surface area contributed by atoms with Gasteiger partial charge in [0.2, 0.25) is 5.88 Å². The molecule has 21 heavy (non-hydrogen) atoms. The van der Waals surface area contributed by atoms with E-state index in [2.05, 4.69) is 0 Å². The van der Waals surface area contributed by atoms with Crippen LogP contribution in [0, 0.1) is 25.2 Å². The third-order valence-corrected chi connectivity index (χ3v) is 3.54. The van der Waals surface area contributed by atoms with Crippen molar-refractivity contribution in [1.82, 2.24) is 4.57 Å². The molecule has 0 unspecified atom stereocenters. The molecule has 0 saturated heterocycles. The maximum absolute atomic E-state index is 12.7. The van der Waals surface area contributed by atoms with E-state index in [9.17, 15) is 14.7 Å². The predicted octanol–water partition coefficient (Wildman–Crippen LogP) is 1.81. The summed E-state index contributed by atoms with van der Waals surface area (Å²) < 4.78 is 0.914. The molecule has 106 valence electrons. The van der Waals surface area contributed by atoms with Crippen LogP contribution in [0.1, 0.15) is 32.6 Å². The number of pyridine rings is 1. The Morgan fingerprint density at radius 3 is 2.48 bits per heavy atom. The normalized spacial score (nSPS) is 10.2. The van der Waals surface area contributed by atoms with Crippen molar-refractivity contribution in [3.05, 3.63) is 62.4 Å². The first kappa shape index (κ1) is 14.5. The second-order valence-electron chi connectivity index (χ2n) is 4.82. The Morgan fingerprint density at radius 2 is 1.90 bits per heavy atom. The zero-order chi connectivity index (χ0) is 15.7. The first-order valence-corrected chi connectivity index (χ1v) is 6.33. The van der Waals surface area contributed by atoms with E-state index in [0.29, 0.717) is 5.56 Å². The first-order valence-electron chi connectivity index (χ1n) is 6.33. The maximum Gasteiger partial charge on any atom is 0.271 e. The molecule has 0 spiro atoms. The van der Waals surface area contributed by atoms with Crippen LogP contribution in [-0.2, 0) is 7.05 Å². The lowest BCUT2D eigenvalue weighted by Gasteiger charge is -2.13. The smallest absolute Gasteiger partial charge is 0.271 e. The Hall–Kier alpha value is -2.87. The number of carbonyl (C=O) groups is 1. The van der Waals surface area contributed by atoms with Crippen molar-refractivity contribution in [2.75, 3.05) is 0 Å². The van der Waals surface area contributed by atoms with Gasteiger partial charge in [-0.15, -0.1) is 0 Å². The predicted molar refractivity (Wildman–Crippen MR) is 77.4 cm³/mol. The van der Waals surface area contributed by atoms with E-state index >= 15 is 0 Å². The zero-order valence-corrected chi connectivity index (χ0v) is 12.0. The van der Waals surface area contributed by atoms with Crippen LogP contribution >= 0.6 is 0 Å². The molecule has 2 rings (SSSR count). The molecule has 1 N–H and O–H groups in total. The van der Waals surface area contributed by atoms with Gasteiger partial charge in [-0.25, -0.2) is 0 Å². The molecule has 0 saturated carbocycles. The number of carbonyl (C=O) groups excluding carboxylic acids is 1. The van der Waals surface area contributed by atoms with Crippen LogP contribution < -0.4 is 5.56 Å². The SMILES string of the molecule is Cc1ccccc1C(=O)c1c(C)c(C#N)c(=O)n(C)c1O. The highest BCUT2D eigenvalue weighted by molar-refractivity contribution is 6.12. The van der Waals surface area contributed by atoms with E-state index in [1.54, 1.807) is 37.3 Å². The lowest BCUT2D eigenvalue weighted by atomic mass is 9.95. The largest absolute Gasteiger partial charge is 0.494 e. The molecule has 2 aromatic rings. The van der Waals surface area contributed by atoms with Crippen LogP contribution in [0.2, 0.25) is 0 Å². The van der Waals surface area contributed by atoms with E-state index in [1.807, 2.05) is 0 Å². The van der Waals surface area contributed by atoms with E-state index < -0.39 is 17.2 Å². The Bertz CT molecular complexity index is 842. The number of benzene rings is 1. The number of aromatic hydroxyl groups is 1. The topological polar surface area (TPSA) is 83.1 Å². The van der Waals surface area contributed by atoms with Gasteiger partial charge in [0.05, 0.1) is 5.56 Å². The van der Waals surface area contributed by atoms with Gasteiger partial charge in [0.15, 0.2) is 5.78 Å². The molecule has 0 bridgehead atoms. The quantitative estimate of drug-likeness (QED) is 0.851. The average molecular weight is 282 g/mol. The number of hydrogen-bond donors (Lipinski definition) is 1. The highest BCUT2D eigenvalue weighted by Crippen LogP contribution is 2.25. The minimum Gasteiger partial charge on any atom is -0.494 e. The summed E-state index contributed by atoms with van der Waals surface area (Å²) in [7, 11) is 1.33. The van der Waals surface area contributed by atoms with Crippen molar-refractivity contribution >= 4 is 5.78 Å². The summed E-state index contributed by atoms with van der Waals surface area (Å²) in [5.41, 5.74) is 0.627. The highest BCUT2D eigenvalue weighted by Gasteiger charge is 2.24. The van der Waals surface area contributed by atoms with Crippen molar-refractivity contribution < 1.29 is 9.90 Å². The summed E-state index contributed by atoms with van der Waals surface area (Å²) in [4.78, 5) is 24.5. The summed E-state index contributed by atoms with van der Waals surface area (Å²) in [6.45, 7) is 3.28. The standard InChI is InChI=1S/C16H14N2O3/c1-9-6-4-5-7-11(9)14(19)13-10(2)12(8-17)15(20)18(3)16(13)21/h4-7,21H,1-3H3. The minimum atomic E-state index is -0.617. The molecular weight excluding hydrogens is 268 g/mol. The number of aryl methyl sites for hydroxylation is 1. The average Bonchev–Trinajstić information content (AvgIpc) is 2.46. The fraction of sp³-hybridized carbons (Fsp3) is 0.188. The monoisotopic (exact) mass is 282 g/mol. The van der Waals surface area contributed by atoms with Gasteiger partial charge in [-0.1, -0.05) is 24.3 Å². The Morgan fingerprint density at radius 1 is 1.29 bits per heavy atom. The van der Waals surface area contributed by atoms with Gasteiger partial charge >= 0.3 is 0 Å². The molecule has 0 aliphatic carbocycles. The number of rotatable bonds is 2. The molecule has 0 amide bonds. The van der Waals surface area contributed by atoms with Crippen molar-refractivity contribution in [3.8, 4) is 11.9 Å². The van der Waals surface area contributed by atoms with Gasteiger partial charge in [-0.3, -0.25) is 14.2 Å². The first-order chi connectivity index (χ1) is 9.90. The van der Waals surface area contributed by atoms with Crippen LogP contribution in [0.4, 0.5) is 0 Å². The second-order valence-corrected chi connectivity index (χ2v) is 4.82. The van der Waals surface area contributed by atoms with Gasteiger partial charge in [0.1, 0.15) is 11.6 Å². The summed E-state index contributed by atoms with van der Waals surface area (Å²) in [5.74, 6) is -0.833. The third kappa shape index (κ3) is 2.21. The van der Waals surface area contributed by atoms with Gasteiger partial charge in [-0.2, -0.15) is 5.26 Å². The van der Waals surface area contributed by atoms with E-state index in [-0.39, 0.29) is 16.7 Å². The molecule has 0 atom stereocenters. The summed E-state index contributed by atoms with van der Waals surface area (Å²) >= 11 is 0. The molecule has 1 aromatic heterocycles. The van der Waals surface area contributed by atoms with E-state index in [4.69, 9.17) is 5.26 Å². The maximum atomic E-state index is 12.7. The van der Waals surface area contributed by atoms with Crippen LogP contribution in [-0.4, -0.2) is 15.5 Å². The van der Waals surface area contributed by atoms with Crippen molar-refractivity contribution in [3.63, 3.8) is 0 Å². The van der Waals surface area contributed by atoms with Crippen molar-refractivity contribution in [2.45, 2.75) is 13.8 Å². The number of nitrogens with zero attached hydrogens (tertiary/aromatic N) is 2. The molecule has 0 aliphatic rings. The number of nitriles is 1. The molecule has 5 nitrogen and oxygen atoms in total. The molecule has 0 fully saturated rings. The van der Waals surface area contributed by atoms with Gasteiger partial charge in [-0.05, 0) is 25.0 Å². The Balaban J connectivity index is 2.80. The van der Waals surface area contributed by atoms with Gasteiger partial charge < -0.3 is 5.11 Å². The molecule has 5 heteroatoms. The fourth-order valence-electron chi connectivity index (χ4n) is 2.25.